The summed E-state index contributed by atoms with van der Waals surface area (Å²) in [5.41, 5.74) is 4.23. The number of anilines is 1. The van der Waals surface area contributed by atoms with E-state index in [2.05, 4.69) is 29.4 Å². The van der Waals surface area contributed by atoms with Gasteiger partial charge in [-0.3, -0.25) is 19.1 Å². The normalized spacial score (nSPS) is 15.6. The third-order valence-corrected chi connectivity index (χ3v) is 7.49. The minimum absolute atomic E-state index is 0.134. The Morgan fingerprint density at radius 2 is 2.03 bits per heavy atom. The molecule has 1 N–H and O–H groups in total. The van der Waals surface area contributed by atoms with Gasteiger partial charge >= 0.3 is 5.97 Å². The zero-order valence-electron chi connectivity index (χ0n) is 19.7. The quantitative estimate of drug-likeness (QED) is 0.397. The topological polar surface area (TPSA) is 98.5 Å². The van der Waals surface area contributed by atoms with Crippen molar-refractivity contribution in [2.45, 2.75) is 40.2 Å². The number of methoxy groups -OCH3 is 1. The lowest BCUT2D eigenvalue weighted by atomic mass is 9.95. The Morgan fingerprint density at radius 1 is 1.26 bits per heavy atom. The standard InChI is InChI=1S/C24H26ClN5O3S/c1-6-17(24(32)33-5)21-22-29-28-14(4)30(22)23-19(12(2)13(3)34-23)20(27-21)15-8-7-9-16(10-15)26-18(31)11-25/h7-10,17,21H,6,11H2,1-5H3,(H,26,31). The first-order chi connectivity index (χ1) is 16.3. The van der Waals surface area contributed by atoms with Gasteiger partial charge in [0.05, 0.1) is 18.7 Å². The molecule has 1 aromatic carbocycles. The summed E-state index contributed by atoms with van der Waals surface area (Å²) in [7, 11) is 1.38. The molecule has 2 aromatic heterocycles. The number of carbonyl (C=O) groups excluding carboxylic acids is 2. The van der Waals surface area contributed by atoms with Gasteiger partial charge in [-0.2, -0.15) is 0 Å². The number of ether oxygens (including phenoxy) is 1. The summed E-state index contributed by atoms with van der Waals surface area (Å²) >= 11 is 7.32. The van der Waals surface area contributed by atoms with E-state index in [0.29, 0.717) is 17.9 Å². The summed E-state index contributed by atoms with van der Waals surface area (Å²) in [6.07, 6.45) is 0.525. The molecular weight excluding hydrogens is 474 g/mol. The highest BCUT2D eigenvalue weighted by molar-refractivity contribution is 7.15. The largest absolute Gasteiger partial charge is 0.469 e. The fourth-order valence-corrected chi connectivity index (χ4v) is 5.51. The van der Waals surface area contributed by atoms with Crippen LogP contribution < -0.4 is 5.32 Å². The zero-order chi connectivity index (χ0) is 24.6. The van der Waals surface area contributed by atoms with Gasteiger partial charge in [-0.05, 0) is 44.9 Å². The van der Waals surface area contributed by atoms with E-state index in [1.165, 1.54) is 7.11 Å². The third-order valence-electron chi connectivity index (χ3n) is 6.06. The number of rotatable bonds is 6. The van der Waals surface area contributed by atoms with E-state index in [1.54, 1.807) is 17.4 Å². The summed E-state index contributed by atoms with van der Waals surface area (Å²) in [5, 5.41) is 12.5. The van der Waals surface area contributed by atoms with E-state index >= 15 is 0 Å². The molecule has 0 radical (unpaired) electrons. The molecule has 2 atom stereocenters. The second kappa shape index (κ2) is 9.68. The maximum atomic E-state index is 12.7. The lowest BCUT2D eigenvalue weighted by Gasteiger charge is -2.20. The molecule has 0 bridgehead atoms. The molecule has 3 heterocycles. The van der Waals surface area contributed by atoms with Gasteiger partial charge in [0.25, 0.3) is 0 Å². The number of alkyl halides is 1. The lowest BCUT2D eigenvalue weighted by Crippen LogP contribution is -2.24. The summed E-state index contributed by atoms with van der Waals surface area (Å²) < 4.78 is 7.12. The number of thiophene rings is 1. The van der Waals surface area contributed by atoms with Gasteiger partial charge in [0.15, 0.2) is 5.82 Å². The third kappa shape index (κ3) is 4.14. The van der Waals surface area contributed by atoms with Crippen molar-refractivity contribution < 1.29 is 14.3 Å². The maximum Gasteiger partial charge on any atom is 0.311 e. The van der Waals surface area contributed by atoms with Crippen LogP contribution >= 0.6 is 22.9 Å². The van der Waals surface area contributed by atoms with Crippen molar-refractivity contribution in [3.63, 3.8) is 0 Å². The number of nitrogens with one attached hydrogen (secondary N) is 1. The second-order valence-corrected chi connectivity index (χ2v) is 9.60. The van der Waals surface area contributed by atoms with E-state index in [-0.39, 0.29) is 17.8 Å². The van der Waals surface area contributed by atoms with Crippen molar-refractivity contribution in [2.24, 2.45) is 10.9 Å². The molecule has 0 saturated carbocycles. The minimum atomic E-state index is -0.589. The van der Waals surface area contributed by atoms with E-state index < -0.39 is 12.0 Å². The number of aromatic nitrogens is 3. The molecule has 0 fully saturated rings. The van der Waals surface area contributed by atoms with Crippen LogP contribution in [0.3, 0.4) is 0 Å². The first-order valence-corrected chi connectivity index (χ1v) is 12.3. The molecule has 178 valence electrons. The van der Waals surface area contributed by atoms with Gasteiger partial charge < -0.3 is 10.1 Å². The molecule has 2 unspecified atom stereocenters. The Morgan fingerprint density at radius 3 is 2.71 bits per heavy atom. The molecule has 8 nitrogen and oxygen atoms in total. The predicted octanol–water partition coefficient (Wildman–Crippen LogP) is 4.52. The van der Waals surface area contributed by atoms with Crippen LogP contribution in [-0.4, -0.2) is 45.3 Å². The van der Waals surface area contributed by atoms with E-state index in [0.717, 1.165) is 38.1 Å². The molecule has 34 heavy (non-hydrogen) atoms. The molecule has 10 heteroatoms. The molecule has 4 rings (SSSR count). The predicted molar refractivity (Wildman–Crippen MR) is 133 cm³/mol. The summed E-state index contributed by atoms with van der Waals surface area (Å²) in [4.78, 5) is 30.9. The Labute approximate surface area is 207 Å². The van der Waals surface area contributed by atoms with Crippen LogP contribution in [-0.2, 0) is 14.3 Å². The summed E-state index contributed by atoms with van der Waals surface area (Å²) in [6.45, 7) is 7.97. The first-order valence-electron chi connectivity index (χ1n) is 10.9. The van der Waals surface area contributed by atoms with Crippen molar-refractivity contribution in [3.8, 4) is 5.00 Å². The molecule has 1 aliphatic heterocycles. The highest BCUT2D eigenvalue weighted by Gasteiger charge is 2.38. The highest BCUT2D eigenvalue weighted by atomic mass is 35.5. The number of amides is 1. The van der Waals surface area contributed by atoms with Crippen LogP contribution in [0.25, 0.3) is 5.00 Å². The number of benzene rings is 1. The number of fused-ring (bicyclic) bond motifs is 3. The van der Waals surface area contributed by atoms with Gasteiger partial charge in [-0.15, -0.1) is 33.1 Å². The van der Waals surface area contributed by atoms with Crippen molar-refractivity contribution >= 4 is 46.2 Å². The monoisotopic (exact) mass is 499 g/mol. The zero-order valence-corrected chi connectivity index (χ0v) is 21.3. The van der Waals surface area contributed by atoms with Gasteiger partial charge in [0.1, 0.15) is 22.7 Å². The average Bonchev–Trinajstić information content (AvgIpc) is 3.30. The van der Waals surface area contributed by atoms with Crippen molar-refractivity contribution in [3.05, 3.63) is 57.5 Å². The number of nitrogens with zero attached hydrogens (tertiary/aromatic N) is 4. The fourth-order valence-electron chi connectivity index (χ4n) is 4.23. The lowest BCUT2D eigenvalue weighted by molar-refractivity contribution is -0.146. The van der Waals surface area contributed by atoms with E-state index in [4.69, 9.17) is 21.3 Å². The van der Waals surface area contributed by atoms with Crippen LogP contribution in [0.15, 0.2) is 29.3 Å². The molecule has 0 saturated heterocycles. The average molecular weight is 500 g/mol. The second-order valence-electron chi connectivity index (χ2n) is 8.13. The fraction of sp³-hybridized carbons (Fsp3) is 0.375. The van der Waals surface area contributed by atoms with Crippen LogP contribution in [0.1, 0.15) is 52.6 Å². The Bertz CT molecular complexity index is 1300. The first kappa shape index (κ1) is 24.1. The molecule has 1 aliphatic rings. The Balaban J connectivity index is 1.99. The molecule has 0 spiro atoms. The summed E-state index contributed by atoms with van der Waals surface area (Å²) in [5.74, 6) is 0.0354. The highest BCUT2D eigenvalue weighted by Crippen LogP contribution is 2.41. The van der Waals surface area contributed by atoms with Gasteiger partial charge in [-0.1, -0.05) is 19.1 Å². The van der Waals surface area contributed by atoms with Gasteiger partial charge in [0, 0.05) is 21.7 Å². The van der Waals surface area contributed by atoms with Crippen LogP contribution in [0.5, 0.6) is 0 Å². The number of aryl methyl sites for hydroxylation is 2. The van der Waals surface area contributed by atoms with Gasteiger partial charge in [-0.25, -0.2) is 0 Å². The van der Waals surface area contributed by atoms with Crippen LogP contribution in [0, 0.1) is 26.7 Å². The molecule has 0 aliphatic carbocycles. The van der Waals surface area contributed by atoms with Crippen molar-refractivity contribution in [1.82, 2.24) is 14.8 Å². The van der Waals surface area contributed by atoms with E-state index in [9.17, 15) is 9.59 Å². The van der Waals surface area contributed by atoms with Crippen molar-refractivity contribution in [2.75, 3.05) is 18.3 Å². The number of halogens is 1. The Hall–Kier alpha value is -3.04. The summed E-state index contributed by atoms with van der Waals surface area (Å²) in [6, 6.07) is 6.89. The number of esters is 1. The van der Waals surface area contributed by atoms with E-state index in [1.807, 2.05) is 36.6 Å². The number of aliphatic imine (C=N–C) groups is 1. The van der Waals surface area contributed by atoms with Crippen LogP contribution in [0.4, 0.5) is 5.69 Å². The van der Waals surface area contributed by atoms with Gasteiger partial charge in [0.2, 0.25) is 5.91 Å². The smallest absolute Gasteiger partial charge is 0.311 e. The Kier molecular flexibility index (Phi) is 6.86. The number of hydrogen-bond acceptors (Lipinski definition) is 7. The van der Waals surface area contributed by atoms with Crippen LogP contribution in [0.2, 0.25) is 0 Å². The molecule has 1 amide bonds. The number of hydrogen-bond donors (Lipinski definition) is 1. The maximum absolute atomic E-state index is 12.7. The molecule has 3 aromatic rings. The SMILES string of the molecule is CCC(C(=O)OC)C1N=C(c2cccc(NC(=O)CCl)c2)c2c(sc(C)c2C)-n2c(C)nnc21. The molecular formula is C24H26ClN5O3S. The minimum Gasteiger partial charge on any atom is -0.469 e. The van der Waals surface area contributed by atoms with Crippen molar-refractivity contribution in [1.29, 1.82) is 0 Å². The number of carbonyl (C=O) groups is 2.